The summed E-state index contributed by atoms with van der Waals surface area (Å²) in [7, 11) is 0. The molecule has 0 saturated heterocycles. The molecule has 2 aromatic heterocycles. The van der Waals surface area contributed by atoms with Crippen molar-refractivity contribution in [1.29, 1.82) is 0 Å². The van der Waals surface area contributed by atoms with Crippen molar-refractivity contribution in [3.8, 4) is 0 Å². The summed E-state index contributed by atoms with van der Waals surface area (Å²) in [5.41, 5.74) is 1.97. The van der Waals surface area contributed by atoms with E-state index in [1.807, 2.05) is 24.5 Å². The van der Waals surface area contributed by atoms with Crippen molar-refractivity contribution in [3.05, 3.63) is 42.1 Å². The first-order chi connectivity index (χ1) is 11.8. The van der Waals surface area contributed by atoms with Gasteiger partial charge in [-0.2, -0.15) is 6.42 Å². The Morgan fingerprint density at radius 3 is 3.16 bits per heavy atom. The zero-order valence-electron chi connectivity index (χ0n) is 14.5. The number of carbonyl (C=O) groups is 1. The van der Waals surface area contributed by atoms with Gasteiger partial charge >= 0.3 is 18.9 Å². The molecule has 0 bridgehead atoms. The van der Waals surface area contributed by atoms with Crippen LogP contribution in [0.1, 0.15) is 25.7 Å². The number of hydrogen-bond acceptors (Lipinski definition) is 4. The molecule has 0 unspecified atom stereocenters. The van der Waals surface area contributed by atoms with Crippen molar-refractivity contribution < 1.29 is 23.7 Å². The van der Waals surface area contributed by atoms with E-state index in [0.717, 1.165) is 46.8 Å². The molecule has 1 fully saturated rings. The zero-order valence-corrected chi connectivity index (χ0v) is 15.3. The zero-order chi connectivity index (χ0) is 16.4. The van der Waals surface area contributed by atoms with Gasteiger partial charge < -0.3 is 21.6 Å². The molecule has 126 valence electrons. The van der Waals surface area contributed by atoms with Gasteiger partial charge in [-0.1, -0.05) is 25.3 Å². The second-order valence-corrected chi connectivity index (χ2v) is 7.34. The van der Waals surface area contributed by atoms with Crippen LogP contribution in [0, 0.1) is 6.42 Å². The predicted molar refractivity (Wildman–Crippen MR) is 98.7 cm³/mol. The first-order valence-electron chi connectivity index (χ1n) is 8.49. The SMILES string of the molecule is O=C(N[C@@H]1[CH-]CCCC1)C1=CN(c2ccnc3[nH]ccc23)CCS1.[Li+]. The normalized spacial score (nSPS) is 20.7. The molecule has 2 aromatic rings. The molecule has 1 saturated carbocycles. The van der Waals surface area contributed by atoms with Gasteiger partial charge in [0.2, 0.25) is 0 Å². The minimum Gasteiger partial charge on any atom is -0.378 e. The van der Waals surface area contributed by atoms with Crippen molar-refractivity contribution in [2.75, 3.05) is 17.2 Å². The number of nitrogens with one attached hydrogen (secondary N) is 2. The number of carbonyl (C=O) groups excluding carboxylic acids is 1. The molecule has 0 radical (unpaired) electrons. The van der Waals surface area contributed by atoms with Crippen LogP contribution in [0.15, 0.2) is 35.6 Å². The number of anilines is 1. The Morgan fingerprint density at radius 2 is 2.32 bits per heavy atom. The second kappa shape index (κ2) is 8.35. The first kappa shape index (κ1) is 18.4. The minimum atomic E-state index is 0. The Hall–Kier alpha value is -1.35. The van der Waals surface area contributed by atoms with Gasteiger partial charge in [-0.15, -0.1) is 11.8 Å². The van der Waals surface area contributed by atoms with Crippen LogP contribution in [-0.2, 0) is 4.79 Å². The van der Waals surface area contributed by atoms with Crippen LogP contribution in [0.4, 0.5) is 5.69 Å². The molecule has 3 heterocycles. The molecule has 2 N–H and O–H groups in total. The van der Waals surface area contributed by atoms with Crippen molar-refractivity contribution in [3.63, 3.8) is 0 Å². The summed E-state index contributed by atoms with van der Waals surface area (Å²) in [4.78, 5) is 23.0. The largest absolute Gasteiger partial charge is 1.00 e. The smallest absolute Gasteiger partial charge is 0.378 e. The summed E-state index contributed by atoms with van der Waals surface area (Å²) in [6.45, 7) is 0.890. The molecular formula is C18H21LiN4OS. The molecule has 1 atom stereocenters. The quantitative estimate of drug-likeness (QED) is 0.616. The number of fused-ring (bicyclic) bond motifs is 1. The Bertz CT molecular complexity index is 769. The van der Waals surface area contributed by atoms with E-state index < -0.39 is 0 Å². The topological polar surface area (TPSA) is 61.0 Å². The molecule has 1 aliphatic carbocycles. The third-order valence-corrected chi connectivity index (χ3v) is 5.56. The van der Waals surface area contributed by atoms with E-state index in [9.17, 15) is 4.79 Å². The Morgan fingerprint density at radius 1 is 1.40 bits per heavy atom. The average Bonchev–Trinajstić information content (AvgIpc) is 3.11. The third kappa shape index (κ3) is 4.08. The Balaban J connectivity index is 0.00000182. The van der Waals surface area contributed by atoms with Gasteiger partial charge in [0.05, 0.1) is 10.6 Å². The molecule has 0 aromatic carbocycles. The standard InChI is InChI=1S/C18H21N4OS.Li/c23-18(21-13-4-2-1-3-5-13)16-12-22(10-11-24-16)15-7-9-20-17-14(15)6-8-19-17;/h4,6-9,12-13H,1-3,5,10-11H2,(H,19,20)(H,21,23);/q-1;+1/t13-;/m1./s1. The summed E-state index contributed by atoms with van der Waals surface area (Å²) < 4.78 is 0. The van der Waals surface area contributed by atoms with Crippen LogP contribution in [0.3, 0.4) is 0 Å². The summed E-state index contributed by atoms with van der Waals surface area (Å²) in [6, 6.07) is 4.26. The Kier molecular flexibility index (Phi) is 6.16. The van der Waals surface area contributed by atoms with E-state index in [1.165, 1.54) is 12.8 Å². The third-order valence-electron chi connectivity index (χ3n) is 4.57. The maximum Gasteiger partial charge on any atom is 1.00 e. The van der Waals surface area contributed by atoms with Crippen molar-refractivity contribution in [2.24, 2.45) is 0 Å². The summed E-state index contributed by atoms with van der Waals surface area (Å²) >= 11 is 1.64. The van der Waals surface area contributed by atoms with E-state index in [-0.39, 0.29) is 30.8 Å². The van der Waals surface area contributed by atoms with E-state index in [2.05, 4.69) is 26.6 Å². The van der Waals surface area contributed by atoms with Crippen molar-refractivity contribution in [1.82, 2.24) is 15.3 Å². The Labute approximate surface area is 164 Å². The fraction of sp³-hybridized carbons (Fsp3) is 0.389. The van der Waals surface area contributed by atoms with Crippen LogP contribution in [0.5, 0.6) is 0 Å². The number of amides is 1. The maximum absolute atomic E-state index is 12.6. The van der Waals surface area contributed by atoms with Gasteiger partial charge in [-0.25, -0.2) is 4.98 Å². The molecule has 2 aliphatic rings. The predicted octanol–water partition coefficient (Wildman–Crippen LogP) is 0.225. The number of nitrogens with zero attached hydrogens (tertiary/aromatic N) is 2. The molecule has 0 spiro atoms. The van der Waals surface area contributed by atoms with Crippen LogP contribution < -0.4 is 29.1 Å². The number of pyridine rings is 1. The van der Waals surface area contributed by atoms with Gasteiger partial charge in [0, 0.05) is 36.3 Å². The van der Waals surface area contributed by atoms with E-state index in [4.69, 9.17) is 0 Å². The second-order valence-electron chi connectivity index (χ2n) is 6.21. The van der Waals surface area contributed by atoms with Crippen molar-refractivity contribution >= 4 is 34.4 Å². The van der Waals surface area contributed by atoms with Crippen LogP contribution in [0.25, 0.3) is 11.0 Å². The number of aromatic amines is 1. The van der Waals surface area contributed by atoms with Crippen LogP contribution in [0.2, 0.25) is 0 Å². The molecule has 4 rings (SSSR count). The molecule has 7 heteroatoms. The van der Waals surface area contributed by atoms with Crippen LogP contribution >= 0.6 is 11.8 Å². The monoisotopic (exact) mass is 348 g/mol. The number of thioether (sulfide) groups is 1. The summed E-state index contributed by atoms with van der Waals surface area (Å²) in [5, 5.41) is 4.25. The number of H-pyrrole nitrogens is 1. The number of hydrogen-bond donors (Lipinski definition) is 2. The van der Waals surface area contributed by atoms with Gasteiger partial charge in [0.1, 0.15) is 5.65 Å². The molecule has 5 nitrogen and oxygen atoms in total. The fourth-order valence-corrected chi connectivity index (χ4v) is 4.22. The molecule has 25 heavy (non-hydrogen) atoms. The fourth-order valence-electron chi connectivity index (χ4n) is 3.32. The molecule has 1 aliphatic heterocycles. The minimum absolute atomic E-state index is 0. The number of rotatable bonds is 3. The summed E-state index contributed by atoms with van der Waals surface area (Å²) in [6.07, 6.45) is 12.5. The van der Waals surface area contributed by atoms with Gasteiger partial charge in [-0.05, 0) is 12.1 Å². The van der Waals surface area contributed by atoms with E-state index in [1.54, 1.807) is 18.0 Å². The van der Waals surface area contributed by atoms with Gasteiger partial charge in [-0.3, -0.25) is 4.79 Å². The average molecular weight is 348 g/mol. The van der Waals surface area contributed by atoms with E-state index >= 15 is 0 Å². The molecule has 1 amide bonds. The number of aromatic nitrogens is 2. The van der Waals surface area contributed by atoms with Gasteiger partial charge in [0.15, 0.2) is 0 Å². The van der Waals surface area contributed by atoms with Crippen molar-refractivity contribution in [2.45, 2.75) is 31.7 Å². The molecular weight excluding hydrogens is 327 g/mol. The van der Waals surface area contributed by atoms with Crippen LogP contribution in [-0.4, -0.2) is 34.2 Å². The maximum atomic E-state index is 12.6. The van der Waals surface area contributed by atoms with Gasteiger partial charge in [0.25, 0.3) is 5.91 Å². The van der Waals surface area contributed by atoms with E-state index in [0.29, 0.717) is 0 Å². The first-order valence-corrected chi connectivity index (χ1v) is 9.47. The summed E-state index contributed by atoms with van der Waals surface area (Å²) in [5.74, 6) is 0.953.